The summed E-state index contributed by atoms with van der Waals surface area (Å²) in [7, 11) is 1.43. The molecule has 146 valence electrons. The van der Waals surface area contributed by atoms with Crippen LogP contribution in [0.4, 0.5) is 0 Å². The van der Waals surface area contributed by atoms with E-state index in [0.29, 0.717) is 11.5 Å². The number of fused-ring (bicyclic) bond motifs is 1. The first-order valence-electron chi connectivity index (χ1n) is 8.92. The number of hydrazone groups is 1. The molecule has 0 unspecified atom stereocenters. The Hall–Kier alpha value is -2.28. The molecular formula is C19H23ClN2O5. The molecule has 2 N–H and O–H groups in total. The Morgan fingerprint density at radius 1 is 1.44 bits per heavy atom. The highest BCUT2D eigenvalue weighted by atomic mass is 35.5. The van der Waals surface area contributed by atoms with Crippen LogP contribution >= 0.6 is 11.6 Å². The van der Waals surface area contributed by atoms with Gasteiger partial charge in [0.1, 0.15) is 0 Å². The molecule has 1 aromatic rings. The molecule has 0 saturated heterocycles. The molecule has 2 fully saturated rings. The number of carbonyl (C=O) groups excluding carboxylic acids is 1. The van der Waals surface area contributed by atoms with Gasteiger partial charge in [0.2, 0.25) is 5.91 Å². The second kappa shape index (κ2) is 7.76. The topological polar surface area (TPSA) is 97.2 Å². The molecule has 2 aliphatic carbocycles. The maximum Gasteiger partial charge on any atom is 0.341 e. The van der Waals surface area contributed by atoms with Crippen LogP contribution in [-0.4, -0.2) is 36.9 Å². The number of nitrogens with one attached hydrogen (secondary N) is 1. The number of hydrogen-bond acceptors (Lipinski definition) is 5. The Labute approximate surface area is 162 Å². The normalized spacial score (nSPS) is 26.3. The third-order valence-corrected chi connectivity index (χ3v) is 5.87. The molecule has 1 aromatic carbocycles. The average molecular weight is 395 g/mol. The summed E-state index contributed by atoms with van der Waals surface area (Å²) in [6.45, 7) is 1.66. The number of ether oxygens (including phenoxy) is 2. The highest BCUT2D eigenvalue weighted by molar-refractivity contribution is 6.32. The number of aliphatic carboxylic acids is 1. The summed E-state index contributed by atoms with van der Waals surface area (Å²) in [5.74, 6) is -0.199. The van der Waals surface area contributed by atoms with Gasteiger partial charge in [-0.15, -0.1) is 0 Å². The lowest BCUT2D eigenvalue weighted by Crippen LogP contribution is -2.22. The van der Waals surface area contributed by atoms with Crippen LogP contribution < -0.4 is 14.9 Å². The number of benzene rings is 1. The third-order valence-electron chi connectivity index (χ3n) is 5.59. The highest BCUT2D eigenvalue weighted by Crippen LogP contribution is 2.66. The van der Waals surface area contributed by atoms with Gasteiger partial charge in [-0.05, 0) is 41.9 Å². The average Bonchev–Trinajstić information content (AvgIpc) is 3.25. The Kier molecular flexibility index (Phi) is 5.60. The summed E-state index contributed by atoms with van der Waals surface area (Å²) < 4.78 is 10.4. The fourth-order valence-corrected chi connectivity index (χ4v) is 4.45. The Bertz CT molecular complexity index is 782. The van der Waals surface area contributed by atoms with Crippen LogP contribution in [-0.2, 0) is 9.59 Å². The first kappa shape index (κ1) is 19.5. The van der Waals surface area contributed by atoms with Crippen LogP contribution in [0, 0.1) is 17.3 Å². The van der Waals surface area contributed by atoms with Gasteiger partial charge in [0.15, 0.2) is 18.1 Å². The second-order valence-electron chi connectivity index (χ2n) is 7.29. The van der Waals surface area contributed by atoms with Crippen LogP contribution in [0.2, 0.25) is 5.02 Å². The SMILES string of the molecule is COc1cc(/C=N\NC(=O)[C@@H]2[C@H]3CCCC[C@@]32C)cc(Cl)c1OCC(=O)O. The van der Waals surface area contributed by atoms with E-state index in [1.807, 2.05) is 0 Å². The van der Waals surface area contributed by atoms with Crippen LogP contribution in [0.5, 0.6) is 11.5 Å². The van der Waals surface area contributed by atoms with E-state index in [4.69, 9.17) is 26.2 Å². The number of amides is 1. The lowest BCUT2D eigenvalue weighted by Gasteiger charge is -2.15. The van der Waals surface area contributed by atoms with Crippen molar-refractivity contribution in [1.82, 2.24) is 5.43 Å². The molecule has 3 rings (SSSR count). The number of hydrogen-bond donors (Lipinski definition) is 2. The first-order valence-corrected chi connectivity index (χ1v) is 9.29. The predicted octanol–water partition coefficient (Wildman–Crippen LogP) is 3.09. The molecule has 2 aliphatic rings. The zero-order chi connectivity index (χ0) is 19.6. The number of methoxy groups -OCH3 is 1. The molecule has 0 bridgehead atoms. The van der Waals surface area contributed by atoms with E-state index in [2.05, 4.69) is 17.5 Å². The van der Waals surface area contributed by atoms with Gasteiger partial charge >= 0.3 is 5.97 Å². The number of carboxylic acid groups (broad SMARTS) is 1. The van der Waals surface area contributed by atoms with Gasteiger partial charge in [-0.2, -0.15) is 5.10 Å². The number of nitrogens with zero attached hydrogens (tertiary/aromatic N) is 1. The van der Waals surface area contributed by atoms with Crippen molar-refractivity contribution in [3.05, 3.63) is 22.7 Å². The van der Waals surface area contributed by atoms with E-state index in [0.717, 1.165) is 12.8 Å². The molecule has 0 radical (unpaired) electrons. The van der Waals surface area contributed by atoms with Crippen LogP contribution in [0.3, 0.4) is 0 Å². The van der Waals surface area contributed by atoms with Gasteiger partial charge in [-0.1, -0.05) is 31.4 Å². The van der Waals surface area contributed by atoms with Gasteiger partial charge in [0.05, 0.1) is 18.3 Å². The van der Waals surface area contributed by atoms with E-state index < -0.39 is 12.6 Å². The van der Waals surface area contributed by atoms with Crippen LogP contribution in [0.1, 0.15) is 38.2 Å². The summed E-state index contributed by atoms with van der Waals surface area (Å²) in [5.41, 5.74) is 3.35. The highest BCUT2D eigenvalue weighted by Gasteiger charge is 2.64. The summed E-state index contributed by atoms with van der Waals surface area (Å²) in [6, 6.07) is 3.17. The number of carboxylic acids is 1. The van der Waals surface area contributed by atoms with E-state index in [1.54, 1.807) is 12.1 Å². The van der Waals surface area contributed by atoms with Crippen molar-refractivity contribution in [2.45, 2.75) is 32.6 Å². The minimum atomic E-state index is -1.11. The largest absolute Gasteiger partial charge is 0.493 e. The fourth-order valence-electron chi connectivity index (χ4n) is 4.18. The summed E-state index contributed by atoms with van der Waals surface area (Å²) in [6.07, 6.45) is 6.07. The molecule has 8 heteroatoms. The van der Waals surface area contributed by atoms with Crippen molar-refractivity contribution < 1.29 is 24.2 Å². The van der Waals surface area contributed by atoms with Gasteiger partial charge in [-0.3, -0.25) is 4.79 Å². The van der Waals surface area contributed by atoms with Crippen LogP contribution in [0.25, 0.3) is 0 Å². The van der Waals surface area contributed by atoms with Crippen molar-refractivity contribution in [3.63, 3.8) is 0 Å². The molecular weight excluding hydrogens is 372 g/mol. The van der Waals surface area contributed by atoms with E-state index in [-0.39, 0.29) is 33.8 Å². The maximum absolute atomic E-state index is 12.4. The molecule has 0 heterocycles. The predicted molar refractivity (Wildman–Crippen MR) is 100 cm³/mol. The van der Waals surface area contributed by atoms with Crippen molar-refractivity contribution in [2.75, 3.05) is 13.7 Å². The van der Waals surface area contributed by atoms with Crippen molar-refractivity contribution in [3.8, 4) is 11.5 Å². The minimum Gasteiger partial charge on any atom is -0.493 e. The summed E-state index contributed by atoms with van der Waals surface area (Å²) >= 11 is 6.15. The standard InChI is InChI=1S/C19H23ClN2O5/c1-19-6-4-3-5-12(19)16(19)18(25)22-21-9-11-7-13(20)17(14(8-11)26-2)27-10-15(23)24/h7-9,12,16H,3-6,10H2,1-2H3,(H,22,25)(H,23,24)/b21-9-/t12-,16+,19+/m1/s1. The van der Waals surface area contributed by atoms with Crippen molar-refractivity contribution >= 4 is 29.7 Å². The molecule has 3 atom stereocenters. The lowest BCUT2D eigenvalue weighted by molar-refractivity contribution is -0.139. The van der Waals surface area contributed by atoms with Crippen LogP contribution in [0.15, 0.2) is 17.2 Å². The molecule has 27 heavy (non-hydrogen) atoms. The molecule has 0 aliphatic heterocycles. The third kappa shape index (κ3) is 4.03. The van der Waals surface area contributed by atoms with Gasteiger partial charge in [-0.25, -0.2) is 10.2 Å². The molecule has 0 aromatic heterocycles. The Morgan fingerprint density at radius 2 is 2.22 bits per heavy atom. The van der Waals surface area contributed by atoms with E-state index in [1.165, 1.54) is 26.2 Å². The quantitative estimate of drug-likeness (QED) is 0.547. The Morgan fingerprint density at radius 3 is 2.85 bits per heavy atom. The molecule has 7 nitrogen and oxygen atoms in total. The Balaban J connectivity index is 1.64. The first-order chi connectivity index (χ1) is 12.9. The molecule has 1 amide bonds. The molecule has 0 spiro atoms. The number of rotatable bonds is 7. The van der Waals surface area contributed by atoms with E-state index >= 15 is 0 Å². The monoisotopic (exact) mass is 394 g/mol. The summed E-state index contributed by atoms with van der Waals surface area (Å²) in [4.78, 5) is 23.1. The van der Waals surface area contributed by atoms with Crippen molar-refractivity contribution in [1.29, 1.82) is 0 Å². The van der Waals surface area contributed by atoms with Gasteiger partial charge in [0.25, 0.3) is 0 Å². The maximum atomic E-state index is 12.4. The fraction of sp³-hybridized carbons (Fsp3) is 0.526. The zero-order valence-electron chi connectivity index (χ0n) is 15.3. The van der Waals surface area contributed by atoms with Gasteiger partial charge in [0, 0.05) is 5.92 Å². The van der Waals surface area contributed by atoms with Gasteiger partial charge < -0.3 is 14.6 Å². The summed E-state index contributed by atoms with van der Waals surface area (Å²) in [5, 5.41) is 13.0. The van der Waals surface area contributed by atoms with Crippen molar-refractivity contribution in [2.24, 2.45) is 22.4 Å². The van der Waals surface area contributed by atoms with E-state index in [9.17, 15) is 9.59 Å². The molecule has 2 saturated carbocycles. The second-order valence-corrected chi connectivity index (χ2v) is 7.69. The minimum absolute atomic E-state index is 0.0416. The lowest BCUT2D eigenvalue weighted by atomic mass is 9.90. The smallest absolute Gasteiger partial charge is 0.341 e. The zero-order valence-corrected chi connectivity index (χ0v) is 16.1. The number of carbonyl (C=O) groups is 2. The number of halogens is 1.